The molecule has 0 fully saturated rings. The van der Waals surface area contributed by atoms with Gasteiger partial charge < -0.3 is 5.84 Å². The van der Waals surface area contributed by atoms with E-state index in [4.69, 9.17) is 5.84 Å². The number of hydrogen-bond donors (Lipinski definition) is 1. The monoisotopic (exact) mass is 120 g/mol. The predicted octanol–water partition coefficient (Wildman–Crippen LogP) is -0.586. The topological polar surface area (TPSA) is 56.7 Å². The van der Waals surface area contributed by atoms with Gasteiger partial charge in [0, 0.05) is 0 Å². The van der Waals surface area contributed by atoms with Crippen molar-refractivity contribution >= 4 is 12.4 Å². The molecule has 0 aliphatic heterocycles. The number of nitrogen functional groups attached to an aromatic ring is 1. The van der Waals surface area contributed by atoms with Crippen LogP contribution in [0.3, 0.4) is 0 Å². The van der Waals surface area contributed by atoms with Gasteiger partial charge in [-0.2, -0.15) is 0 Å². The van der Waals surface area contributed by atoms with E-state index in [2.05, 4.69) is 10.2 Å². The van der Waals surface area contributed by atoms with Crippen LogP contribution < -0.4 is 5.84 Å². The van der Waals surface area contributed by atoms with Crippen molar-refractivity contribution in [3.63, 3.8) is 0 Å². The van der Waals surface area contributed by atoms with Crippen LogP contribution in [0.25, 0.3) is 0 Å². The Kier molecular flexibility index (Phi) is 2.15. The van der Waals surface area contributed by atoms with E-state index in [0.717, 1.165) is 0 Å². The number of rotatable bonds is 0. The van der Waals surface area contributed by atoms with Gasteiger partial charge >= 0.3 is 0 Å². The van der Waals surface area contributed by atoms with E-state index in [1.807, 2.05) is 0 Å². The smallest absolute Gasteiger partial charge is 0.138 e. The molecular formula is C2H5ClN4. The van der Waals surface area contributed by atoms with Crippen LogP contribution in [0, 0.1) is 0 Å². The van der Waals surface area contributed by atoms with E-state index in [-0.39, 0.29) is 12.4 Å². The fourth-order valence-corrected chi connectivity index (χ4v) is 0.209. The Morgan fingerprint density at radius 2 is 1.71 bits per heavy atom. The molecule has 1 heterocycles. The number of aromatic nitrogens is 3. The molecule has 0 aromatic carbocycles. The standard InChI is InChI=1S/C2H4N4.ClH/c3-6-1-4-5-2-6;/h1-2H,3H2;1H. The number of nitrogens with zero attached hydrogens (tertiary/aromatic N) is 3. The van der Waals surface area contributed by atoms with Crippen molar-refractivity contribution in [3.8, 4) is 0 Å². The molecule has 1 aromatic rings. The fraction of sp³-hybridized carbons (Fsp3) is 0. The lowest BCUT2D eigenvalue weighted by molar-refractivity contribution is 0.997. The quantitative estimate of drug-likeness (QED) is 0.466. The zero-order chi connectivity index (χ0) is 4.41. The summed E-state index contributed by atoms with van der Waals surface area (Å²) in [6.45, 7) is 0. The molecule has 0 aliphatic rings. The van der Waals surface area contributed by atoms with Crippen molar-refractivity contribution in [3.05, 3.63) is 12.7 Å². The molecule has 0 amide bonds. The van der Waals surface area contributed by atoms with Gasteiger partial charge in [0.2, 0.25) is 0 Å². The minimum Gasteiger partial charge on any atom is -0.337 e. The summed E-state index contributed by atoms with van der Waals surface area (Å²) in [5.74, 6) is 5.07. The van der Waals surface area contributed by atoms with Crippen molar-refractivity contribution in [2.24, 2.45) is 0 Å². The van der Waals surface area contributed by atoms with Gasteiger partial charge in [-0.1, -0.05) is 0 Å². The Morgan fingerprint density at radius 3 is 1.86 bits per heavy atom. The molecule has 0 saturated carbocycles. The Balaban J connectivity index is 0.000000360. The van der Waals surface area contributed by atoms with E-state index in [1.54, 1.807) is 0 Å². The highest BCUT2D eigenvalue weighted by atomic mass is 35.5. The molecule has 0 saturated heterocycles. The van der Waals surface area contributed by atoms with Crippen LogP contribution >= 0.6 is 12.4 Å². The van der Waals surface area contributed by atoms with Gasteiger partial charge in [-0.05, 0) is 0 Å². The van der Waals surface area contributed by atoms with Gasteiger partial charge in [-0.3, -0.25) is 0 Å². The van der Waals surface area contributed by atoms with E-state index in [0.29, 0.717) is 0 Å². The third-order valence-electron chi connectivity index (χ3n) is 0.437. The molecule has 0 bridgehead atoms. The normalized spacial score (nSPS) is 7.43. The zero-order valence-electron chi connectivity index (χ0n) is 3.48. The average Bonchev–Trinajstić information content (AvgIpc) is 1.86. The maximum atomic E-state index is 5.07. The molecule has 40 valence electrons. The van der Waals surface area contributed by atoms with E-state index in [1.165, 1.54) is 17.3 Å². The first-order valence-corrected chi connectivity index (χ1v) is 1.49. The molecule has 0 spiro atoms. The van der Waals surface area contributed by atoms with Gasteiger partial charge in [-0.25, -0.2) is 4.68 Å². The van der Waals surface area contributed by atoms with Gasteiger partial charge in [0.05, 0.1) is 0 Å². The fourth-order valence-electron chi connectivity index (χ4n) is 0.209. The molecule has 1 rings (SSSR count). The molecule has 0 atom stereocenters. The predicted molar refractivity (Wildman–Crippen MR) is 27.4 cm³/mol. The van der Waals surface area contributed by atoms with Crippen molar-refractivity contribution in [1.29, 1.82) is 0 Å². The Labute approximate surface area is 46.7 Å². The minimum absolute atomic E-state index is 0. The van der Waals surface area contributed by atoms with Gasteiger partial charge in [0.1, 0.15) is 12.7 Å². The molecule has 0 aliphatic carbocycles. The Hall–Kier alpha value is -0.770. The first-order valence-electron chi connectivity index (χ1n) is 1.49. The molecule has 1 aromatic heterocycles. The highest BCUT2D eigenvalue weighted by Crippen LogP contribution is 1.61. The van der Waals surface area contributed by atoms with Gasteiger partial charge in [0.15, 0.2) is 0 Å². The maximum absolute atomic E-state index is 5.07. The summed E-state index contributed by atoms with van der Waals surface area (Å²) >= 11 is 0. The molecule has 0 radical (unpaired) electrons. The average molecular weight is 121 g/mol. The first-order chi connectivity index (χ1) is 2.89. The van der Waals surface area contributed by atoms with E-state index >= 15 is 0 Å². The largest absolute Gasteiger partial charge is 0.337 e. The Morgan fingerprint density at radius 1 is 1.29 bits per heavy atom. The molecule has 4 nitrogen and oxygen atoms in total. The van der Waals surface area contributed by atoms with Crippen LogP contribution in [-0.2, 0) is 0 Å². The number of halogens is 1. The minimum atomic E-state index is 0. The summed E-state index contributed by atoms with van der Waals surface area (Å²) in [6.07, 6.45) is 2.83. The summed E-state index contributed by atoms with van der Waals surface area (Å²) < 4.78 is 1.28. The lowest BCUT2D eigenvalue weighted by atomic mass is 11.3. The van der Waals surface area contributed by atoms with Gasteiger partial charge in [0.25, 0.3) is 0 Å². The summed E-state index contributed by atoms with van der Waals surface area (Å²) in [5, 5.41) is 6.82. The molecule has 5 heteroatoms. The highest BCUT2D eigenvalue weighted by molar-refractivity contribution is 5.85. The number of nitrogens with two attached hydrogens (primary N) is 1. The molecule has 7 heavy (non-hydrogen) atoms. The van der Waals surface area contributed by atoms with Gasteiger partial charge in [-0.15, -0.1) is 22.6 Å². The zero-order valence-corrected chi connectivity index (χ0v) is 4.30. The third-order valence-corrected chi connectivity index (χ3v) is 0.437. The lowest BCUT2D eigenvalue weighted by Gasteiger charge is -1.76. The number of hydrogen-bond acceptors (Lipinski definition) is 3. The van der Waals surface area contributed by atoms with Crippen LogP contribution in [0.5, 0.6) is 0 Å². The SMILES string of the molecule is Cl.Nn1cnnc1. The molecular weight excluding hydrogens is 116 g/mol. The Bertz CT molecular complexity index is 113. The lowest BCUT2D eigenvalue weighted by Crippen LogP contribution is -2.02. The first kappa shape index (κ1) is 6.23. The van der Waals surface area contributed by atoms with Crippen LogP contribution in [-0.4, -0.2) is 14.9 Å². The highest BCUT2D eigenvalue weighted by Gasteiger charge is 1.71. The summed E-state index contributed by atoms with van der Waals surface area (Å²) in [6, 6.07) is 0. The van der Waals surface area contributed by atoms with Crippen molar-refractivity contribution in [1.82, 2.24) is 14.9 Å². The molecule has 2 N–H and O–H groups in total. The van der Waals surface area contributed by atoms with Crippen molar-refractivity contribution in [2.45, 2.75) is 0 Å². The van der Waals surface area contributed by atoms with Crippen molar-refractivity contribution in [2.75, 3.05) is 5.84 Å². The van der Waals surface area contributed by atoms with E-state index in [9.17, 15) is 0 Å². The van der Waals surface area contributed by atoms with Crippen LogP contribution in [0.1, 0.15) is 0 Å². The molecule has 0 unspecified atom stereocenters. The summed E-state index contributed by atoms with van der Waals surface area (Å²) in [5.41, 5.74) is 0. The maximum Gasteiger partial charge on any atom is 0.138 e. The van der Waals surface area contributed by atoms with Crippen molar-refractivity contribution < 1.29 is 0 Å². The van der Waals surface area contributed by atoms with Crippen LogP contribution in [0.15, 0.2) is 12.7 Å². The van der Waals surface area contributed by atoms with Crippen LogP contribution in [0.4, 0.5) is 0 Å². The second-order valence-corrected chi connectivity index (χ2v) is 0.909. The summed E-state index contributed by atoms with van der Waals surface area (Å²) in [4.78, 5) is 0. The van der Waals surface area contributed by atoms with E-state index < -0.39 is 0 Å². The third kappa shape index (κ3) is 1.41. The summed E-state index contributed by atoms with van der Waals surface area (Å²) in [7, 11) is 0. The second-order valence-electron chi connectivity index (χ2n) is 0.909. The van der Waals surface area contributed by atoms with Crippen LogP contribution in [0.2, 0.25) is 0 Å². The second kappa shape index (κ2) is 2.41.